The Morgan fingerprint density at radius 1 is 1.18 bits per heavy atom. The van der Waals surface area contributed by atoms with Crippen LogP contribution in [0, 0.1) is 4.64 Å². The molecule has 0 spiro atoms. The van der Waals surface area contributed by atoms with Crippen molar-refractivity contribution in [1.82, 2.24) is 15.0 Å². The van der Waals surface area contributed by atoms with Crippen molar-refractivity contribution in [3.8, 4) is 11.3 Å². The van der Waals surface area contributed by atoms with Gasteiger partial charge in [-0.25, -0.2) is 4.98 Å². The summed E-state index contributed by atoms with van der Waals surface area (Å²) in [5.41, 5.74) is 2.05. The number of rotatable bonds is 1. The van der Waals surface area contributed by atoms with Crippen LogP contribution in [0.5, 0.6) is 0 Å². The number of hydrogen-bond donors (Lipinski definition) is 1. The van der Waals surface area contributed by atoms with E-state index < -0.39 is 0 Å². The summed E-state index contributed by atoms with van der Waals surface area (Å²) in [5.74, 6) is 0. The second kappa shape index (κ2) is 4.07. The number of benzene rings is 1. The Bertz CT molecular complexity index is 728. The summed E-state index contributed by atoms with van der Waals surface area (Å²) >= 11 is 5.08. The first-order valence-electron chi connectivity index (χ1n) is 5.22. The summed E-state index contributed by atoms with van der Waals surface area (Å²) in [6.07, 6.45) is 5.27. The van der Waals surface area contributed by atoms with Gasteiger partial charge in [-0.05, 0) is 17.5 Å². The molecule has 0 saturated heterocycles. The number of hydrogen-bond acceptors (Lipinski definition) is 3. The molecule has 0 aliphatic heterocycles. The van der Waals surface area contributed by atoms with E-state index in [0.29, 0.717) is 4.64 Å². The van der Waals surface area contributed by atoms with Gasteiger partial charge in [0.2, 0.25) is 0 Å². The van der Waals surface area contributed by atoms with Crippen molar-refractivity contribution in [1.29, 1.82) is 0 Å². The van der Waals surface area contributed by atoms with Crippen LogP contribution in [0.2, 0.25) is 0 Å². The first-order chi connectivity index (χ1) is 8.34. The fourth-order valence-corrected chi connectivity index (χ4v) is 2.04. The topological polar surface area (TPSA) is 41.6 Å². The van der Waals surface area contributed by atoms with Crippen molar-refractivity contribution < 1.29 is 0 Å². The first kappa shape index (κ1) is 10.1. The van der Waals surface area contributed by atoms with Gasteiger partial charge in [0.1, 0.15) is 4.64 Å². The zero-order valence-corrected chi connectivity index (χ0v) is 9.74. The largest absolute Gasteiger partial charge is 0.346 e. The highest BCUT2D eigenvalue weighted by Crippen LogP contribution is 2.25. The van der Waals surface area contributed by atoms with Crippen LogP contribution >= 0.6 is 12.2 Å². The second-order valence-corrected chi connectivity index (χ2v) is 4.12. The molecule has 3 aromatic rings. The van der Waals surface area contributed by atoms with Gasteiger partial charge in [-0.2, -0.15) is 0 Å². The van der Waals surface area contributed by atoms with E-state index in [0.717, 1.165) is 22.0 Å². The summed E-state index contributed by atoms with van der Waals surface area (Å²) in [5, 5.41) is 2.26. The molecule has 3 nitrogen and oxygen atoms in total. The molecule has 0 aliphatic carbocycles. The molecule has 0 amide bonds. The molecular formula is C13H9N3S. The summed E-state index contributed by atoms with van der Waals surface area (Å²) < 4.78 is 0.583. The van der Waals surface area contributed by atoms with Crippen LogP contribution in [0.15, 0.2) is 49.1 Å². The summed E-state index contributed by atoms with van der Waals surface area (Å²) in [6, 6.07) is 9.99. The van der Waals surface area contributed by atoms with E-state index in [4.69, 9.17) is 12.2 Å². The smallest absolute Gasteiger partial charge is 0.130 e. The number of H-pyrrole nitrogens is 1. The SMILES string of the molecule is S=c1cc(-c2cccc3ccncc23)[nH]cn1. The predicted molar refractivity (Wildman–Crippen MR) is 70.2 cm³/mol. The molecule has 1 N–H and O–H groups in total. The third-order valence-corrected chi connectivity index (χ3v) is 2.88. The van der Waals surface area contributed by atoms with Gasteiger partial charge in [-0.1, -0.05) is 30.4 Å². The molecule has 0 unspecified atom stereocenters. The van der Waals surface area contributed by atoms with Crippen LogP contribution in [-0.4, -0.2) is 15.0 Å². The molecule has 0 bridgehead atoms. The van der Waals surface area contributed by atoms with E-state index in [1.165, 1.54) is 0 Å². The lowest BCUT2D eigenvalue weighted by atomic mass is 10.0. The van der Waals surface area contributed by atoms with Gasteiger partial charge >= 0.3 is 0 Å². The molecule has 1 aromatic carbocycles. The fraction of sp³-hybridized carbons (Fsp3) is 0. The zero-order chi connectivity index (χ0) is 11.7. The van der Waals surface area contributed by atoms with Gasteiger partial charge in [0, 0.05) is 23.3 Å². The second-order valence-electron chi connectivity index (χ2n) is 3.70. The Morgan fingerprint density at radius 2 is 2.12 bits per heavy atom. The molecule has 0 atom stereocenters. The predicted octanol–water partition coefficient (Wildman–Crippen LogP) is 3.35. The van der Waals surface area contributed by atoms with Crippen molar-refractivity contribution in [3.63, 3.8) is 0 Å². The maximum absolute atomic E-state index is 5.08. The summed E-state index contributed by atoms with van der Waals surface area (Å²) in [6.45, 7) is 0. The third kappa shape index (κ3) is 1.83. The van der Waals surface area contributed by atoms with E-state index in [-0.39, 0.29) is 0 Å². The Hall–Kier alpha value is -2.07. The standard InChI is InChI=1S/C13H9N3S/c17-13-6-12(15-8-16-13)10-3-1-2-9-4-5-14-7-11(9)10/h1-8H,(H,15,16,17). The first-order valence-corrected chi connectivity index (χ1v) is 5.63. The van der Waals surface area contributed by atoms with Crippen molar-refractivity contribution in [2.45, 2.75) is 0 Å². The van der Waals surface area contributed by atoms with E-state index >= 15 is 0 Å². The number of nitrogens with one attached hydrogen (secondary N) is 1. The van der Waals surface area contributed by atoms with Crippen molar-refractivity contribution in [3.05, 3.63) is 53.7 Å². The van der Waals surface area contributed by atoms with Crippen LogP contribution < -0.4 is 0 Å². The monoisotopic (exact) mass is 239 g/mol. The van der Waals surface area contributed by atoms with Crippen molar-refractivity contribution in [2.24, 2.45) is 0 Å². The Morgan fingerprint density at radius 3 is 3.00 bits per heavy atom. The Balaban J connectivity index is 2.34. The Labute approximate surface area is 103 Å². The molecule has 0 aliphatic rings. The van der Waals surface area contributed by atoms with Gasteiger partial charge in [0.15, 0.2) is 0 Å². The molecule has 17 heavy (non-hydrogen) atoms. The van der Waals surface area contributed by atoms with Crippen LogP contribution in [0.3, 0.4) is 0 Å². The zero-order valence-electron chi connectivity index (χ0n) is 8.92. The molecule has 2 aromatic heterocycles. The minimum absolute atomic E-state index is 0.583. The summed E-state index contributed by atoms with van der Waals surface area (Å²) in [4.78, 5) is 11.3. The quantitative estimate of drug-likeness (QED) is 0.662. The van der Waals surface area contributed by atoms with Crippen LogP contribution in [0.25, 0.3) is 22.0 Å². The average Bonchev–Trinajstić information content (AvgIpc) is 2.38. The highest BCUT2D eigenvalue weighted by Gasteiger charge is 2.03. The molecule has 0 fully saturated rings. The normalized spacial score (nSPS) is 10.6. The fourth-order valence-electron chi connectivity index (χ4n) is 1.87. The lowest BCUT2D eigenvalue weighted by molar-refractivity contribution is 1.16. The van der Waals surface area contributed by atoms with Crippen molar-refractivity contribution >= 4 is 23.0 Å². The average molecular weight is 239 g/mol. The maximum Gasteiger partial charge on any atom is 0.130 e. The number of pyridine rings is 1. The lowest BCUT2D eigenvalue weighted by Gasteiger charge is -2.05. The molecular weight excluding hydrogens is 230 g/mol. The van der Waals surface area contributed by atoms with E-state index in [1.807, 2.05) is 30.5 Å². The van der Waals surface area contributed by atoms with Gasteiger partial charge in [0.25, 0.3) is 0 Å². The molecule has 0 radical (unpaired) electrons. The third-order valence-electron chi connectivity index (χ3n) is 2.65. The number of aromatic nitrogens is 3. The Kier molecular flexibility index (Phi) is 2.42. The molecule has 0 saturated carbocycles. The number of aromatic amines is 1. The molecule has 82 valence electrons. The molecule has 2 heterocycles. The number of fused-ring (bicyclic) bond motifs is 1. The highest BCUT2D eigenvalue weighted by molar-refractivity contribution is 7.71. The van der Waals surface area contributed by atoms with Gasteiger partial charge in [-0.3, -0.25) is 4.98 Å². The van der Waals surface area contributed by atoms with Gasteiger partial charge in [0.05, 0.1) is 12.0 Å². The van der Waals surface area contributed by atoms with Crippen LogP contribution in [0.4, 0.5) is 0 Å². The number of nitrogens with zero attached hydrogens (tertiary/aromatic N) is 2. The van der Waals surface area contributed by atoms with E-state index in [1.54, 1.807) is 12.5 Å². The highest BCUT2D eigenvalue weighted by atomic mass is 32.1. The minimum Gasteiger partial charge on any atom is -0.346 e. The van der Waals surface area contributed by atoms with Crippen LogP contribution in [0.1, 0.15) is 0 Å². The summed E-state index contributed by atoms with van der Waals surface area (Å²) in [7, 11) is 0. The van der Waals surface area contributed by atoms with E-state index in [2.05, 4.69) is 21.0 Å². The van der Waals surface area contributed by atoms with E-state index in [9.17, 15) is 0 Å². The maximum atomic E-state index is 5.08. The molecule has 4 heteroatoms. The molecule has 3 rings (SSSR count). The minimum atomic E-state index is 0.583. The van der Waals surface area contributed by atoms with Gasteiger partial charge in [-0.15, -0.1) is 0 Å². The van der Waals surface area contributed by atoms with Crippen LogP contribution in [-0.2, 0) is 0 Å². The van der Waals surface area contributed by atoms with Gasteiger partial charge < -0.3 is 4.98 Å². The lowest BCUT2D eigenvalue weighted by Crippen LogP contribution is -1.87. The van der Waals surface area contributed by atoms with Crippen molar-refractivity contribution in [2.75, 3.05) is 0 Å².